The third-order valence-corrected chi connectivity index (χ3v) is 4.37. The molecule has 0 amide bonds. The van der Waals surface area contributed by atoms with Gasteiger partial charge in [0.15, 0.2) is 0 Å². The van der Waals surface area contributed by atoms with Crippen LogP contribution in [0.25, 0.3) is 10.9 Å². The van der Waals surface area contributed by atoms with Gasteiger partial charge in [0, 0.05) is 29.0 Å². The maximum absolute atomic E-state index is 4.61. The van der Waals surface area contributed by atoms with Crippen LogP contribution in [-0.2, 0) is 6.42 Å². The lowest BCUT2D eigenvalue weighted by molar-refractivity contribution is 1.11. The van der Waals surface area contributed by atoms with Crippen molar-refractivity contribution in [2.75, 3.05) is 10.6 Å². The van der Waals surface area contributed by atoms with E-state index in [9.17, 15) is 0 Å². The van der Waals surface area contributed by atoms with Gasteiger partial charge >= 0.3 is 0 Å². The van der Waals surface area contributed by atoms with Gasteiger partial charge in [0.1, 0.15) is 5.82 Å². The highest BCUT2D eigenvalue weighted by molar-refractivity contribution is 5.91. The van der Waals surface area contributed by atoms with Crippen molar-refractivity contribution in [1.82, 2.24) is 15.0 Å². The Morgan fingerprint density at radius 3 is 2.52 bits per heavy atom. The second-order valence-electron chi connectivity index (χ2n) is 6.40. The highest BCUT2D eigenvalue weighted by atomic mass is 15.1. The summed E-state index contributed by atoms with van der Waals surface area (Å²) in [7, 11) is 0. The normalized spacial score (nSPS) is 10.7. The number of pyridine rings is 1. The van der Waals surface area contributed by atoms with E-state index in [1.807, 2.05) is 43.3 Å². The van der Waals surface area contributed by atoms with Gasteiger partial charge in [-0.3, -0.25) is 4.98 Å². The molecule has 0 aliphatic heterocycles. The van der Waals surface area contributed by atoms with Gasteiger partial charge in [0.05, 0.1) is 11.2 Å². The number of anilines is 4. The van der Waals surface area contributed by atoms with E-state index in [-0.39, 0.29) is 0 Å². The van der Waals surface area contributed by atoms with Crippen LogP contribution in [-0.4, -0.2) is 15.0 Å². The van der Waals surface area contributed by atoms with Crippen molar-refractivity contribution in [2.45, 2.75) is 20.3 Å². The van der Waals surface area contributed by atoms with Crippen molar-refractivity contribution in [3.05, 3.63) is 78.1 Å². The van der Waals surface area contributed by atoms with E-state index in [2.05, 4.69) is 56.8 Å². The molecular formula is C22H21N5. The first-order valence-electron chi connectivity index (χ1n) is 9.03. The molecule has 0 radical (unpaired) electrons. The third-order valence-electron chi connectivity index (χ3n) is 4.37. The van der Waals surface area contributed by atoms with Gasteiger partial charge in [-0.25, -0.2) is 4.98 Å². The number of nitrogens with one attached hydrogen (secondary N) is 2. The fourth-order valence-electron chi connectivity index (χ4n) is 2.99. The highest BCUT2D eigenvalue weighted by Crippen LogP contribution is 2.24. The van der Waals surface area contributed by atoms with Crippen LogP contribution >= 0.6 is 0 Å². The summed E-state index contributed by atoms with van der Waals surface area (Å²) >= 11 is 0. The SMILES string of the molecule is CCc1ccc(Nc2cc(C)nc(Nc3cccc4cccnc34)n2)cc1. The Hall–Kier alpha value is -3.47. The first-order chi connectivity index (χ1) is 13.2. The quantitative estimate of drug-likeness (QED) is 0.503. The molecule has 0 saturated carbocycles. The average Bonchev–Trinajstić information content (AvgIpc) is 2.68. The summed E-state index contributed by atoms with van der Waals surface area (Å²) < 4.78 is 0. The van der Waals surface area contributed by atoms with E-state index < -0.39 is 0 Å². The van der Waals surface area contributed by atoms with Gasteiger partial charge in [0.25, 0.3) is 0 Å². The molecule has 0 aliphatic rings. The van der Waals surface area contributed by atoms with Crippen LogP contribution in [0.4, 0.5) is 23.1 Å². The van der Waals surface area contributed by atoms with E-state index in [4.69, 9.17) is 0 Å². The Balaban J connectivity index is 1.61. The molecule has 2 heterocycles. The number of nitrogens with zero attached hydrogens (tertiary/aromatic N) is 3. The van der Waals surface area contributed by atoms with Crippen LogP contribution < -0.4 is 10.6 Å². The van der Waals surface area contributed by atoms with E-state index in [0.29, 0.717) is 5.95 Å². The van der Waals surface area contributed by atoms with Crippen molar-refractivity contribution in [1.29, 1.82) is 0 Å². The topological polar surface area (TPSA) is 62.7 Å². The Morgan fingerprint density at radius 2 is 1.70 bits per heavy atom. The van der Waals surface area contributed by atoms with E-state index in [0.717, 1.165) is 40.2 Å². The second-order valence-corrected chi connectivity index (χ2v) is 6.40. The molecule has 0 aliphatic carbocycles. The monoisotopic (exact) mass is 355 g/mol. The summed E-state index contributed by atoms with van der Waals surface area (Å²) in [6.07, 6.45) is 2.82. The fraction of sp³-hybridized carbons (Fsp3) is 0.136. The van der Waals surface area contributed by atoms with Crippen molar-refractivity contribution in [3.8, 4) is 0 Å². The summed E-state index contributed by atoms with van der Waals surface area (Å²) in [5.41, 5.74) is 4.98. The summed E-state index contributed by atoms with van der Waals surface area (Å²) in [4.78, 5) is 13.6. The van der Waals surface area contributed by atoms with Gasteiger partial charge in [0.2, 0.25) is 5.95 Å². The number of rotatable bonds is 5. The molecule has 134 valence electrons. The second kappa shape index (κ2) is 7.41. The van der Waals surface area contributed by atoms with E-state index >= 15 is 0 Å². The van der Waals surface area contributed by atoms with Crippen molar-refractivity contribution in [3.63, 3.8) is 0 Å². The zero-order valence-corrected chi connectivity index (χ0v) is 15.4. The first kappa shape index (κ1) is 17.0. The van der Waals surface area contributed by atoms with Crippen LogP contribution in [0.3, 0.4) is 0 Å². The minimum absolute atomic E-state index is 0.542. The zero-order chi connectivity index (χ0) is 18.6. The summed E-state index contributed by atoms with van der Waals surface area (Å²) in [5, 5.41) is 7.73. The van der Waals surface area contributed by atoms with Crippen LogP contribution in [0, 0.1) is 6.92 Å². The van der Waals surface area contributed by atoms with E-state index in [1.165, 1.54) is 5.56 Å². The first-order valence-corrected chi connectivity index (χ1v) is 9.03. The smallest absolute Gasteiger partial charge is 0.229 e. The Bertz CT molecular complexity index is 1070. The molecule has 2 aromatic carbocycles. The molecule has 0 unspecified atom stereocenters. The standard InChI is InChI=1S/C22H21N5/c1-3-16-9-11-18(12-10-16)25-20-14-15(2)24-22(27-20)26-19-8-4-6-17-7-5-13-23-21(17)19/h4-14H,3H2,1-2H3,(H2,24,25,26,27). The van der Waals surface area contributed by atoms with Gasteiger partial charge < -0.3 is 10.6 Å². The lowest BCUT2D eigenvalue weighted by Gasteiger charge is -2.11. The largest absolute Gasteiger partial charge is 0.340 e. The molecule has 0 saturated heterocycles. The predicted molar refractivity (Wildman–Crippen MR) is 111 cm³/mol. The van der Waals surface area contributed by atoms with Gasteiger partial charge in [-0.2, -0.15) is 4.98 Å². The van der Waals surface area contributed by atoms with E-state index in [1.54, 1.807) is 6.20 Å². The number of hydrogen-bond acceptors (Lipinski definition) is 5. The molecule has 5 nitrogen and oxygen atoms in total. The van der Waals surface area contributed by atoms with Crippen LogP contribution in [0.15, 0.2) is 66.9 Å². The number of hydrogen-bond donors (Lipinski definition) is 2. The average molecular weight is 355 g/mol. The molecule has 0 fully saturated rings. The molecule has 2 N–H and O–H groups in total. The minimum Gasteiger partial charge on any atom is -0.340 e. The molecule has 4 rings (SSSR count). The predicted octanol–water partition coefficient (Wildman–Crippen LogP) is 5.38. The lowest BCUT2D eigenvalue weighted by atomic mass is 10.1. The maximum Gasteiger partial charge on any atom is 0.229 e. The van der Waals surface area contributed by atoms with Gasteiger partial charge in [-0.05, 0) is 43.2 Å². The van der Waals surface area contributed by atoms with Crippen molar-refractivity contribution >= 4 is 34.0 Å². The Labute approximate surface area is 158 Å². The van der Waals surface area contributed by atoms with Gasteiger partial charge in [-0.15, -0.1) is 0 Å². The highest BCUT2D eigenvalue weighted by Gasteiger charge is 2.07. The summed E-state index contributed by atoms with van der Waals surface area (Å²) in [5.74, 6) is 1.29. The Kier molecular flexibility index (Phi) is 4.66. The maximum atomic E-state index is 4.61. The molecule has 0 bridgehead atoms. The molecular weight excluding hydrogens is 334 g/mol. The zero-order valence-electron chi connectivity index (χ0n) is 15.4. The number of fused-ring (bicyclic) bond motifs is 1. The number of aryl methyl sites for hydroxylation is 2. The van der Waals surface area contributed by atoms with Crippen molar-refractivity contribution in [2.24, 2.45) is 0 Å². The summed E-state index contributed by atoms with van der Waals surface area (Å²) in [6, 6.07) is 20.3. The molecule has 0 atom stereocenters. The third kappa shape index (κ3) is 3.87. The fourth-order valence-corrected chi connectivity index (χ4v) is 2.99. The van der Waals surface area contributed by atoms with Crippen LogP contribution in [0.5, 0.6) is 0 Å². The molecule has 27 heavy (non-hydrogen) atoms. The number of aromatic nitrogens is 3. The molecule has 0 spiro atoms. The number of benzene rings is 2. The Morgan fingerprint density at radius 1 is 0.889 bits per heavy atom. The summed E-state index contributed by atoms with van der Waals surface area (Å²) in [6.45, 7) is 4.11. The molecule has 5 heteroatoms. The van der Waals surface area contributed by atoms with Gasteiger partial charge in [-0.1, -0.05) is 37.3 Å². The molecule has 4 aromatic rings. The van der Waals surface area contributed by atoms with Crippen LogP contribution in [0.1, 0.15) is 18.2 Å². The lowest BCUT2D eigenvalue weighted by Crippen LogP contribution is -2.03. The van der Waals surface area contributed by atoms with Crippen molar-refractivity contribution < 1.29 is 0 Å². The minimum atomic E-state index is 0.542. The number of para-hydroxylation sites is 1. The molecule has 2 aromatic heterocycles. The van der Waals surface area contributed by atoms with Crippen LogP contribution in [0.2, 0.25) is 0 Å².